The summed E-state index contributed by atoms with van der Waals surface area (Å²) in [6.07, 6.45) is 0. The standard InChI is InChI=1S/C9H8N2O3/c10-4-6-3-5(1-2-7(6)12)8(11)9(13)14/h1-3,8,12H,11H2,(H,13,14)/t8-/m0/s1. The number of nitrogens with zero attached hydrogens (tertiary/aromatic N) is 1. The molecule has 0 radical (unpaired) electrons. The van der Waals surface area contributed by atoms with Gasteiger partial charge in [0.15, 0.2) is 0 Å². The van der Waals surface area contributed by atoms with Crippen LogP contribution in [0.2, 0.25) is 0 Å². The van der Waals surface area contributed by atoms with E-state index in [9.17, 15) is 4.79 Å². The van der Waals surface area contributed by atoms with Gasteiger partial charge in [0.2, 0.25) is 0 Å². The fraction of sp³-hybridized carbons (Fsp3) is 0.111. The monoisotopic (exact) mass is 192 g/mol. The summed E-state index contributed by atoms with van der Waals surface area (Å²) in [6.45, 7) is 0. The fourth-order valence-electron chi connectivity index (χ4n) is 0.979. The Balaban J connectivity index is 3.14. The van der Waals surface area contributed by atoms with E-state index < -0.39 is 12.0 Å². The molecule has 0 bridgehead atoms. The molecule has 0 spiro atoms. The summed E-state index contributed by atoms with van der Waals surface area (Å²) >= 11 is 0. The van der Waals surface area contributed by atoms with Gasteiger partial charge >= 0.3 is 5.97 Å². The number of nitrogens with two attached hydrogens (primary N) is 1. The zero-order valence-corrected chi connectivity index (χ0v) is 7.14. The molecule has 0 aromatic heterocycles. The average molecular weight is 192 g/mol. The number of carboxylic acids is 1. The lowest BCUT2D eigenvalue weighted by atomic mass is 10.0. The molecule has 5 nitrogen and oxygen atoms in total. The molecule has 0 aliphatic rings. The third kappa shape index (κ3) is 1.81. The molecule has 4 N–H and O–H groups in total. The summed E-state index contributed by atoms with van der Waals surface area (Å²) in [6, 6.07) is 4.43. The van der Waals surface area contributed by atoms with E-state index in [1.54, 1.807) is 6.07 Å². The van der Waals surface area contributed by atoms with Crippen molar-refractivity contribution in [3.05, 3.63) is 29.3 Å². The van der Waals surface area contributed by atoms with Gasteiger partial charge in [0, 0.05) is 0 Å². The highest BCUT2D eigenvalue weighted by Gasteiger charge is 2.15. The van der Waals surface area contributed by atoms with Gasteiger partial charge in [-0.3, -0.25) is 4.79 Å². The van der Waals surface area contributed by atoms with Gasteiger partial charge < -0.3 is 15.9 Å². The van der Waals surface area contributed by atoms with Crippen molar-refractivity contribution in [2.75, 3.05) is 0 Å². The molecule has 0 unspecified atom stereocenters. The molecule has 0 aliphatic heterocycles. The Morgan fingerprint density at radius 1 is 1.57 bits per heavy atom. The lowest BCUT2D eigenvalue weighted by molar-refractivity contribution is -0.138. The maximum absolute atomic E-state index is 10.5. The summed E-state index contributed by atoms with van der Waals surface area (Å²) in [5.41, 5.74) is 5.62. The Labute approximate surface area is 80.0 Å². The van der Waals surface area contributed by atoms with Gasteiger partial charge in [0.05, 0.1) is 5.56 Å². The van der Waals surface area contributed by atoms with E-state index in [0.29, 0.717) is 0 Å². The van der Waals surface area contributed by atoms with Gasteiger partial charge in [-0.15, -0.1) is 0 Å². The topological polar surface area (TPSA) is 107 Å². The predicted molar refractivity (Wildman–Crippen MR) is 47.4 cm³/mol. The van der Waals surface area contributed by atoms with E-state index in [2.05, 4.69) is 0 Å². The average Bonchev–Trinajstić information content (AvgIpc) is 2.17. The second kappa shape index (κ2) is 3.77. The van der Waals surface area contributed by atoms with Crippen molar-refractivity contribution in [1.82, 2.24) is 0 Å². The number of phenolic OH excluding ortho intramolecular Hbond substituents is 1. The Morgan fingerprint density at radius 3 is 2.71 bits per heavy atom. The summed E-state index contributed by atoms with van der Waals surface area (Å²) < 4.78 is 0. The fourth-order valence-corrected chi connectivity index (χ4v) is 0.979. The van der Waals surface area contributed by atoms with Gasteiger partial charge in [-0.05, 0) is 17.7 Å². The van der Waals surface area contributed by atoms with Crippen molar-refractivity contribution in [1.29, 1.82) is 5.26 Å². The number of hydrogen-bond donors (Lipinski definition) is 3. The predicted octanol–water partition coefficient (Wildman–Crippen LogP) is 0.348. The van der Waals surface area contributed by atoms with Crippen LogP contribution in [0, 0.1) is 11.3 Å². The van der Waals surface area contributed by atoms with Crippen LogP contribution in [0.5, 0.6) is 5.75 Å². The van der Waals surface area contributed by atoms with E-state index in [0.717, 1.165) is 0 Å². The molecule has 1 atom stereocenters. The first-order valence-corrected chi connectivity index (χ1v) is 3.77. The number of carbonyl (C=O) groups is 1. The normalized spacial score (nSPS) is 11.7. The Hall–Kier alpha value is -2.06. The van der Waals surface area contributed by atoms with Crippen molar-refractivity contribution in [2.24, 2.45) is 5.73 Å². The summed E-state index contributed by atoms with van der Waals surface area (Å²) in [7, 11) is 0. The summed E-state index contributed by atoms with van der Waals surface area (Å²) in [5, 5.41) is 26.3. The minimum Gasteiger partial charge on any atom is -0.507 e. The van der Waals surface area contributed by atoms with Crippen molar-refractivity contribution in [2.45, 2.75) is 6.04 Å². The number of hydrogen-bond acceptors (Lipinski definition) is 4. The van der Waals surface area contributed by atoms with E-state index in [-0.39, 0.29) is 16.9 Å². The van der Waals surface area contributed by atoms with Gasteiger partial charge in [0.1, 0.15) is 17.9 Å². The lowest BCUT2D eigenvalue weighted by Gasteiger charge is -2.07. The minimum absolute atomic E-state index is 0.0131. The zero-order chi connectivity index (χ0) is 10.7. The molecule has 1 rings (SSSR count). The van der Waals surface area contributed by atoms with Crippen molar-refractivity contribution < 1.29 is 15.0 Å². The first-order valence-electron chi connectivity index (χ1n) is 3.77. The first kappa shape index (κ1) is 10.0. The molecule has 14 heavy (non-hydrogen) atoms. The molecule has 0 amide bonds. The zero-order valence-electron chi connectivity index (χ0n) is 7.14. The highest BCUT2D eigenvalue weighted by atomic mass is 16.4. The van der Waals surface area contributed by atoms with Gasteiger partial charge in [-0.1, -0.05) is 6.07 Å². The van der Waals surface area contributed by atoms with E-state index in [1.807, 2.05) is 0 Å². The molecule has 1 aromatic carbocycles. The Bertz CT molecular complexity index is 409. The minimum atomic E-state index is -1.18. The van der Waals surface area contributed by atoms with Crippen LogP contribution in [-0.2, 0) is 4.79 Å². The first-order chi connectivity index (χ1) is 6.56. The van der Waals surface area contributed by atoms with Crippen LogP contribution in [0.1, 0.15) is 17.2 Å². The van der Waals surface area contributed by atoms with Crippen LogP contribution in [0.25, 0.3) is 0 Å². The molecule has 0 aliphatic carbocycles. The van der Waals surface area contributed by atoms with E-state index >= 15 is 0 Å². The van der Waals surface area contributed by atoms with Crippen LogP contribution in [0.4, 0.5) is 0 Å². The van der Waals surface area contributed by atoms with Crippen molar-refractivity contribution in [3.63, 3.8) is 0 Å². The molecule has 0 saturated carbocycles. The summed E-state index contributed by atoms with van der Waals surface area (Å²) in [5.74, 6) is -1.37. The third-order valence-corrected chi connectivity index (χ3v) is 1.77. The second-order valence-electron chi connectivity index (χ2n) is 2.70. The molecular weight excluding hydrogens is 184 g/mol. The highest BCUT2D eigenvalue weighted by molar-refractivity contribution is 5.75. The van der Waals surface area contributed by atoms with Crippen LogP contribution < -0.4 is 5.73 Å². The molecule has 1 aromatic rings. The lowest BCUT2D eigenvalue weighted by Crippen LogP contribution is -2.20. The number of aromatic hydroxyl groups is 1. The Morgan fingerprint density at radius 2 is 2.21 bits per heavy atom. The van der Waals surface area contributed by atoms with Crippen molar-refractivity contribution in [3.8, 4) is 11.8 Å². The number of benzene rings is 1. The van der Waals surface area contributed by atoms with Crippen LogP contribution in [-0.4, -0.2) is 16.2 Å². The molecular formula is C9H8N2O3. The van der Waals surface area contributed by atoms with Crippen LogP contribution >= 0.6 is 0 Å². The smallest absolute Gasteiger partial charge is 0.325 e. The van der Waals surface area contributed by atoms with Crippen molar-refractivity contribution >= 4 is 5.97 Å². The van der Waals surface area contributed by atoms with E-state index in [1.165, 1.54) is 18.2 Å². The number of nitriles is 1. The number of aliphatic carboxylic acids is 1. The largest absolute Gasteiger partial charge is 0.507 e. The number of phenols is 1. The second-order valence-corrected chi connectivity index (χ2v) is 2.70. The van der Waals surface area contributed by atoms with Gasteiger partial charge in [-0.25, -0.2) is 0 Å². The van der Waals surface area contributed by atoms with Gasteiger partial charge in [-0.2, -0.15) is 5.26 Å². The molecule has 0 fully saturated rings. The van der Waals surface area contributed by atoms with Gasteiger partial charge in [0.25, 0.3) is 0 Å². The highest BCUT2D eigenvalue weighted by Crippen LogP contribution is 2.20. The number of carboxylic acid groups (broad SMARTS) is 1. The quantitative estimate of drug-likeness (QED) is 0.626. The Kier molecular flexibility index (Phi) is 2.70. The summed E-state index contributed by atoms with van der Waals surface area (Å²) in [4.78, 5) is 10.5. The van der Waals surface area contributed by atoms with Crippen LogP contribution in [0.15, 0.2) is 18.2 Å². The molecule has 0 heterocycles. The molecule has 0 saturated heterocycles. The maximum atomic E-state index is 10.5. The molecule has 72 valence electrons. The van der Waals surface area contributed by atoms with E-state index in [4.69, 9.17) is 21.2 Å². The molecule has 5 heteroatoms. The SMILES string of the molecule is N#Cc1cc([C@H](N)C(=O)O)ccc1O. The number of rotatable bonds is 2. The third-order valence-electron chi connectivity index (χ3n) is 1.77. The van der Waals surface area contributed by atoms with Crippen LogP contribution in [0.3, 0.4) is 0 Å². The maximum Gasteiger partial charge on any atom is 0.325 e.